The monoisotopic (exact) mass is 363 g/mol. The number of halogens is 3. The van der Waals surface area contributed by atoms with E-state index in [-0.39, 0.29) is 29.9 Å². The Labute approximate surface area is 127 Å². The highest BCUT2D eigenvalue weighted by atomic mass is 79.9. The standard InChI is InChI=1S/C13H12BrF2NO4/c14-7-1-3-10(21-13(15)16)9(5-7)12(19)20-6-8-2-4-11(18)17-8/h1,3,5,8,13H,2,4,6H2,(H,17,18)/t8-/m1/s1. The largest absolute Gasteiger partial charge is 0.460 e. The van der Waals surface area contributed by atoms with Crippen molar-refractivity contribution in [3.63, 3.8) is 0 Å². The zero-order valence-corrected chi connectivity index (χ0v) is 12.4. The van der Waals surface area contributed by atoms with Crippen LogP contribution in [0.3, 0.4) is 0 Å². The summed E-state index contributed by atoms with van der Waals surface area (Å²) in [6.45, 7) is -3.04. The minimum atomic E-state index is -3.04. The van der Waals surface area contributed by atoms with Gasteiger partial charge in [0.05, 0.1) is 6.04 Å². The lowest BCUT2D eigenvalue weighted by Crippen LogP contribution is -2.30. The Morgan fingerprint density at radius 3 is 2.86 bits per heavy atom. The summed E-state index contributed by atoms with van der Waals surface area (Å²) in [4.78, 5) is 23.0. The lowest BCUT2D eigenvalue weighted by molar-refractivity contribution is -0.119. The fourth-order valence-electron chi connectivity index (χ4n) is 1.92. The lowest BCUT2D eigenvalue weighted by atomic mass is 10.2. The van der Waals surface area contributed by atoms with Gasteiger partial charge in [-0.3, -0.25) is 4.79 Å². The van der Waals surface area contributed by atoms with E-state index in [1.807, 2.05) is 0 Å². The molecule has 0 spiro atoms. The number of nitrogens with one attached hydrogen (secondary N) is 1. The third-order valence-corrected chi connectivity index (χ3v) is 3.37. The minimum Gasteiger partial charge on any atom is -0.460 e. The molecule has 0 aromatic heterocycles. The number of amides is 1. The Balaban J connectivity index is 2.03. The Hall–Kier alpha value is -1.70. The molecule has 1 saturated heterocycles. The van der Waals surface area contributed by atoms with Crippen LogP contribution in [0.25, 0.3) is 0 Å². The molecule has 0 radical (unpaired) electrons. The molecule has 2 rings (SSSR count). The number of carbonyl (C=O) groups is 2. The number of carbonyl (C=O) groups excluding carboxylic acids is 2. The average molecular weight is 364 g/mol. The molecule has 1 aliphatic heterocycles. The number of esters is 1. The molecule has 5 nitrogen and oxygen atoms in total. The summed E-state index contributed by atoms with van der Waals surface area (Å²) >= 11 is 3.15. The van der Waals surface area contributed by atoms with Crippen LogP contribution < -0.4 is 10.1 Å². The summed E-state index contributed by atoms with van der Waals surface area (Å²) in [5.41, 5.74) is -0.103. The molecule has 1 amide bonds. The zero-order chi connectivity index (χ0) is 15.4. The van der Waals surface area contributed by atoms with Crippen molar-refractivity contribution < 1.29 is 27.8 Å². The fraction of sp³-hybridized carbons (Fsp3) is 0.385. The predicted octanol–water partition coefficient (Wildman–Crippen LogP) is 2.49. The number of alkyl halides is 2. The van der Waals surface area contributed by atoms with Gasteiger partial charge in [0, 0.05) is 10.9 Å². The van der Waals surface area contributed by atoms with Crippen LogP contribution in [-0.4, -0.2) is 31.1 Å². The van der Waals surface area contributed by atoms with Crippen molar-refractivity contribution >= 4 is 27.8 Å². The number of hydrogen-bond acceptors (Lipinski definition) is 4. The smallest absolute Gasteiger partial charge is 0.387 e. The molecular weight excluding hydrogens is 352 g/mol. The van der Waals surface area contributed by atoms with Crippen molar-refractivity contribution in [2.45, 2.75) is 25.5 Å². The topological polar surface area (TPSA) is 64.6 Å². The zero-order valence-electron chi connectivity index (χ0n) is 10.8. The van der Waals surface area contributed by atoms with E-state index in [4.69, 9.17) is 4.74 Å². The van der Waals surface area contributed by atoms with Crippen LogP contribution in [0, 0.1) is 0 Å². The molecule has 0 bridgehead atoms. The van der Waals surface area contributed by atoms with Crippen molar-refractivity contribution in [1.29, 1.82) is 0 Å². The van der Waals surface area contributed by atoms with E-state index in [0.29, 0.717) is 17.3 Å². The van der Waals surface area contributed by atoms with Crippen LogP contribution in [0.2, 0.25) is 0 Å². The van der Waals surface area contributed by atoms with Gasteiger partial charge in [0.1, 0.15) is 17.9 Å². The highest BCUT2D eigenvalue weighted by Crippen LogP contribution is 2.25. The molecule has 0 saturated carbocycles. The van der Waals surface area contributed by atoms with E-state index < -0.39 is 12.6 Å². The number of ether oxygens (including phenoxy) is 2. The SMILES string of the molecule is O=C1CC[C@H](COC(=O)c2cc(Br)ccc2OC(F)F)N1. The first-order valence-electron chi connectivity index (χ1n) is 6.16. The third kappa shape index (κ3) is 4.38. The van der Waals surface area contributed by atoms with Gasteiger partial charge < -0.3 is 14.8 Å². The van der Waals surface area contributed by atoms with Crippen LogP contribution in [0.15, 0.2) is 22.7 Å². The number of benzene rings is 1. The normalized spacial score (nSPS) is 17.7. The second kappa shape index (κ2) is 6.84. The maximum atomic E-state index is 12.3. The van der Waals surface area contributed by atoms with Gasteiger partial charge in [-0.25, -0.2) is 4.79 Å². The second-order valence-corrected chi connectivity index (χ2v) is 5.34. The summed E-state index contributed by atoms with van der Waals surface area (Å²) in [7, 11) is 0. The molecule has 0 aliphatic carbocycles. The van der Waals surface area contributed by atoms with Crippen LogP contribution in [0.1, 0.15) is 23.2 Å². The van der Waals surface area contributed by atoms with Crippen molar-refractivity contribution in [1.82, 2.24) is 5.32 Å². The van der Waals surface area contributed by atoms with E-state index in [1.165, 1.54) is 18.2 Å². The highest BCUT2D eigenvalue weighted by Gasteiger charge is 2.23. The summed E-state index contributed by atoms with van der Waals surface area (Å²) in [5, 5.41) is 2.64. The molecule has 1 aromatic carbocycles. The molecule has 1 aliphatic rings. The van der Waals surface area contributed by atoms with Crippen molar-refractivity contribution in [2.24, 2.45) is 0 Å². The summed E-state index contributed by atoms with van der Waals surface area (Å²) in [6, 6.07) is 3.83. The van der Waals surface area contributed by atoms with Crippen LogP contribution in [0.5, 0.6) is 5.75 Å². The first-order chi connectivity index (χ1) is 9.95. The van der Waals surface area contributed by atoms with E-state index >= 15 is 0 Å². The first kappa shape index (κ1) is 15.7. The number of hydrogen-bond donors (Lipinski definition) is 1. The molecule has 1 atom stereocenters. The van der Waals surface area contributed by atoms with E-state index in [2.05, 4.69) is 26.0 Å². The Bertz CT molecular complexity index is 553. The van der Waals surface area contributed by atoms with E-state index in [0.717, 1.165) is 0 Å². The summed E-state index contributed by atoms with van der Waals surface area (Å²) in [6.07, 6.45) is 0.962. The lowest BCUT2D eigenvalue weighted by Gasteiger charge is -2.13. The third-order valence-electron chi connectivity index (χ3n) is 2.88. The molecule has 0 unspecified atom stereocenters. The molecular formula is C13H12BrF2NO4. The van der Waals surface area contributed by atoms with Crippen LogP contribution in [0.4, 0.5) is 8.78 Å². The van der Waals surface area contributed by atoms with Gasteiger partial charge in [0.25, 0.3) is 0 Å². The molecule has 1 heterocycles. The van der Waals surface area contributed by atoms with Crippen molar-refractivity contribution in [3.8, 4) is 5.75 Å². The molecule has 114 valence electrons. The van der Waals surface area contributed by atoms with E-state index in [9.17, 15) is 18.4 Å². The first-order valence-corrected chi connectivity index (χ1v) is 6.96. The van der Waals surface area contributed by atoms with Gasteiger partial charge in [-0.05, 0) is 24.6 Å². The molecule has 1 fully saturated rings. The fourth-order valence-corrected chi connectivity index (χ4v) is 2.28. The molecule has 1 aromatic rings. The second-order valence-electron chi connectivity index (χ2n) is 4.42. The Morgan fingerprint density at radius 2 is 2.24 bits per heavy atom. The average Bonchev–Trinajstić information content (AvgIpc) is 2.83. The van der Waals surface area contributed by atoms with Gasteiger partial charge in [0.15, 0.2) is 0 Å². The van der Waals surface area contributed by atoms with Crippen molar-refractivity contribution in [2.75, 3.05) is 6.61 Å². The Kier molecular flexibility index (Phi) is 5.11. The van der Waals surface area contributed by atoms with Gasteiger partial charge in [0.2, 0.25) is 5.91 Å². The van der Waals surface area contributed by atoms with Crippen LogP contribution in [-0.2, 0) is 9.53 Å². The van der Waals surface area contributed by atoms with Crippen LogP contribution >= 0.6 is 15.9 Å². The van der Waals surface area contributed by atoms with Crippen molar-refractivity contribution in [3.05, 3.63) is 28.2 Å². The summed E-state index contributed by atoms with van der Waals surface area (Å²) in [5.74, 6) is -1.14. The quantitative estimate of drug-likeness (QED) is 0.816. The summed E-state index contributed by atoms with van der Waals surface area (Å²) < 4.78 is 34.5. The minimum absolute atomic E-state index is 0.00872. The van der Waals surface area contributed by atoms with E-state index in [1.54, 1.807) is 0 Å². The maximum absolute atomic E-state index is 12.3. The molecule has 8 heteroatoms. The van der Waals surface area contributed by atoms with Gasteiger partial charge >= 0.3 is 12.6 Å². The Morgan fingerprint density at radius 1 is 1.48 bits per heavy atom. The molecule has 21 heavy (non-hydrogen) atoms. The van der Waals surface area contributed by atoms with Gasteiger partial charge in [-0.1, -0.05) is 15.9 Å². The highest BCUT2D eigenvalue weighted by molar-refractivity contribution is 9.10. The molecule has 1 N–H and O–H groups in total. The number of rotatable bonds is 5. The van der Waals surface area contributed by atoms with Gasteiger partial charge in [-0.15, -0.1) is 0 Å². The predicted molar refractivity (Wildman–Crippen MR) is 72.2 cm³/mol. The maximum Gasteiger partial charge on any atom is 0.387 e. The van der Waals surface area contributed by atoms with Gasteiger partial charge in [-0.2, -0.15) is 8.78 Å².